The van der Waals surface area contributed by atoms with E-state index in [2.05, 4.69) is 18.7 Å². The molecule has 2 aliphatic carbocycles. The van der Waals surface area contributed by atoms with Crippen LogP contribution in [-0.4, -0.2) is 48.5 Å². The first-order valence-electron chi connectivity index (χ1n) is 8.06. The van der Waals surface area contributed by atoms with E-state index in [1.807, 2.05) is 0 Å². The standard InChI is InChI=1S/C16H31NO2/c1-4-17(12-13(2)19-3)15-11-14(18)7-10-16(15)8-5-6-9-16/h13-15,18H,4-12H2,1-3H3. The fraction of sp³-hybridized carbons (Fsp3) is 1.00. The number of ether oxygens (including phenoxy) is 1. The summed E-state index contributed by atoms with van der Waals surface area (Å²) in [6, 6.07) is 0.557. The van der Waals surface area contributed by atoms with Gasteiger partial charge in [0.1, 0.15) is 0 Å². The van der Waals surface area contributed by atoms with E-state index in [4.69, 9.17) is 4.74 Å². The van der Waals surface area contributed by atoms with Crippen molar-refractivity contribution in [3.05, 3.63) is 0 Å². The van der Waals surface area contributed by atoms with Gasteiger partial charge in [-0.2, -0.15) is 0 Å². The summed E-state index contributed by atoms with van der Waals surface area (Å²) >= 11 is 0. The smallest absolute Gasteiger partial charge is 0.0670 e. The number of nitrogens with zero attached hydrogens (tertiary/aromatic N) is 1. The Bertz CT molecular complexity index is 276. The largest absolute Gasteiger partial charge is 0.393 e. The van der Waals surface area contributed by atoms with Crippen LogP contribution in [0.2, 0.25) is 0 Å². The van der Waals surface area contributed by atoms with E-state index in [1.54, 1.807) is 7.11 Å². The minimum atomic E-state index is -0.0943. The molecule has 0 radical (unpaired) electrons. The number of aliphatic hydroxyl groups excluding tert-OH is 1. The van der Waals surface area contributed by atoms with Gasteiger partial charge in [0.15, 0.2) is 0 Å². The lowest BCUT2D eigenvalue weighted by molar-refractivity contribution is -0.0414. The summed E-state index contributed by atoms with van der Waals surface area (Å²) < 4.78 is 5.45. The fourth-order valence-electron chi connectivity index (χ4n) is 4.33. The number of methoxy groups -OCH3 is 1. The Morgan fingerprint density at radius 3 is 2.58 bits per heavy atom. The summed E-state index contributed by atoms with van der Waals surface area (Å²) in [4.78, 5) is 2.57. The lowest BCUT2D eigenvalue weighted by Crippen LogP contribution is -2.53. The molecule has 3 atom stereocenters. The van der Waals surface area contributed by atoms with Crippen molar-refractivity contribution in [3.63, 3.8) is 0 Å². The van der Waals surface area contributed by atoms with Crippen molar-refractivity contribution < 1.29 is 9.84 Å². The third-order valence-corrected chi connectivity index (χ3v) is 5.52. The maximum absolute atomic E-state index is 10.1. The Kier molecular flexibility index (Phi) is 5.27. The quantitative estimate of drug-likeness (QED) is 0.833. The Labute approximate surface area is 118 Å². The topological polar surface area (TPSA) is 32.7 Å². The average Bonchev–Trinajstić information content (AvgIpc) is 2.88. The molecule has 2 saturated carbocycles. The molecule has 2 fully saturated rings. The highest BCUT2D eigenvalue weighted by atomic mass is 16.5. The van der Waals surface area contributed by atoms with E-state index in [9.17, 15) is 5.11 Å². The molecule has 1 N–H and O–H groups in total. The summed E-state index contributed by atoms with van der Waals surface area (Å²) in [6.45, 7) is 6.44. The molecule has 112 valence electrons. The predicted octanol–water partition coefficient (Wildman–Crippen LogP) is 2.82. The van der Waals surface area contributed by atoms with E-state index >= 15 is 0 Å². The zero-order valence-electron chi connectivity index (χ0n) is 12.9. The van der Waals surface area contributed by atoms with Crippen LogP contribution in [0.1, 0.15) is 58.8 Å². The van der Waals surface area contributed by atoms with Gasteiger partial charge in [0.05, 0.1) is 12.2 Å². The van der Waals surface area contributed by atoms with E-state index in [0.29, 0.717) is 11.5 Å². The monoisotopic (exact) mass is 269 g/mol. The number of rotatable bonds is 5. The molecule has 0 saturated heterocycles. The van der Waals surface area contributed by atoms with Gasteiger partial charge in [-0.3, -0.25) is 4.90 Å². The van der Waals surface area contributed by atoms with Crippen molar-refractivity contribution >= 4 is 0 Å². The number of hydrogen-bond donors (Lipinski definition) is 1. The second-order valence-electron chi connectivity index (χ2n) is 6.65. The molecular formula is C16H31NO2. The second-order valence-corrected chi connectivity index (χ2v) is 6.65. The van der Waals surface area contributed by atoms with Gasteiger partial charge in [-0.05, 0) is 51.0 Å². The van der Waals surface area contributed by atoms with Crippen molar-refractivity contribution in [2.75, 3.05) is 20.2 Å². The molecule has 0 aromatic rings. The van der Waals surface area contributed by atoms with Crippen LogP contribution >= 0.6 is 0 Å². The first kappa shape index (κ1) is 15.3. The molecule has 19 heavy (non-hydrogen) atoms. The van der Waals surface area contributed by atoms with Gasteiger partial charge < -0.3 is 9.84 Å². The van der Waals surface area contributed by atoms with Crippen LogP contribution in [0.5, 0.6) is 0 Å². The second kappa shape index (κ2) is 6.55. The zero-order chi connectivity index (χ0) is 13.9. The van der Waals surface area contributed by atoms with Gasteiger partial charge in [-0.15, -0.1) is 0 Å². The van der Waals surface area contributed by atoms with Crippen molar-refractivity contribution in [3.8, 4) is 0 Å². The number of hydrogen-bond acceptors (Lipinski definition) is 3. The summed E-state index contributed by atoms with van der Waals surface area (Å²) in [5.41, 5.74) is 0.489. The summed E-state index contributed by atoms with van der Waals surface area (Å²) in [7, 11) is 1.79. The fourth-order valence-corrected chi connectivity index (χ4v) is 4.33. The van der Waals surface area contributed by atoms with Crippen LogP contribution in [0, 0.1) is 5.41 Å². The van der Waals surface area contributed by atoms with Crippen molar-refractivity contribution in [1.82, 2.24) is 4.90 Å². The lowest BCUT2D eigenvalue weighted by Gasteiger charge is -2.49. The predicted molar refractivity (Wildman–Crippen MR) is 78.3 cm³/mol. The summed E-state index contributed by atoms with van der Waals surface area (Å²) in [5.74, 6) is 0. The first-order valence-corrected chi connectivity index (χ1v) is 8.06. The normalized spacial score (nSPS) is 32.1. The van der Waals surface area contributed by atoms with Gasteiger partial charge in [-0.25, -0.2) is 0 Å². The lowest BCUT2D eigenvalue weighted by atomic mass is 9.67. The van der Waals surface area contributed by atoms with Crippen LogP contribution in [0.15, 0.2) is 0 Å². The third kappa shape index (κ3) is 3.32. The molecule has 0 aromatic carbocycles. The average molecular weight is 269 g/mol. The zero-order valence-corrected chi connectivity index (χ0v) is 12.9. The third-order valence-electron chi connectivity index (χ3n) is 5.52. The summed E-state index contributed by atoms with van der Waals surface area (Å²) in [6.07, 6.45) is 8.86. The van der Waals surface area contributed by atoms with E-state index in [-0.39, 0.29) is 12.2 Å². The van der Waals surface area contributed by atoms with E-state index in [0.717, 1.165) is 25.9 Å². The molecule has 0 heterocycles. The maximum atomic E-state index is 10.1. The van der Waals surface area contributed by atoms with E-state index < -0.39 is 0 Å². The van der Waals surface area contributed by atoms with Gasteiger partial charge in [0.2, 0.25) is 0 Å². The molecule has 0 aliphatic heterocycles. The van der Waals surface area contributed by atoms with Crippen LogP contribution in [0.3, 0.4) is 0 Å². The maximum Gasteiger partial charge on any atom is 0.0670 e. The van der Waals surface area contributed by atoms with Crippen LogP contribution in [0.25, 0.3) is 0 Å². The number of aliphatic hydroxyl groups is 1. The highest BCUT2D eigenvalue weighted by Crippen LogP contribution is 2.50. The Morgan fingerprint density at radius 1 is 1.32 bits per heavy atom. The van der Waals surface area contributed by atoms with Crippen LogP contribution in [-0.2, 0) is 4.74 Å². The molecule has 3 unspecified atom stereocenters. The Balaban J connectivity index is 2.11. The van der Waals surface area contributed by atoms with Crippen molar-refractivity contribution in [1.29, 1.82) is 0 Å². The molecule has 1 spiro atoms. The molecule has 3 heteroatoms. The molecule has 2 rings (SSSR count). The number of likely N-dealkylation sites (N-methyl/N-ethyl adjacent to an activating group) is 1. The van der Waals surface area contributed by atoms with Crippen LogP contribution < -0.4 is 0 Å². The summed E-state index contributed by atoms with van der Waals surface area (Å²) in [5, 5.41) is 10.1. The highest BCUT2D eigenvalue weighted by molar-refractivity contribution is 5.00. The molecule has 3 nitrogen and oxygen atoms in total. The highest BCUT2D eigenvalue weighted by Gasteiger charge is 2.46. The van der Waals surface area contributed by atoms with Gasteiger partial charge in [-0.1, -0.05) is 19.8 Å². The molecule has 2 aliphatic rings. The van der Waals surface area contributed by atoms with Crippen molar-refractivity contribution in [2.24, 2.45) is 5.41 Å². The minimum absolute atomic E-state index is 0.0943. The minimum Gasteiger partial charge on any atom is -0.393 e. The Hall–Kier alpha value is -0.120. The molecular weight excluding hydrogens is 238 g/mol. The molecule has 0 amide bonds. The van der Waals surface area contributed by atoms with Gasteiger partial charge >= 0.3 is 0 Å². The first-order chi connectivity index (χ1) is 9.11. The van der Waals surface area contributed by atoms with Crippen LogP contribution in [0.4, 0.5) is 0 Å². The van der Waals surface area contributed by atoms with Crippen molar-refractivity contribution in [2.45, 2.75) is 77.0 Å². The van der Waals surface area contributed by atoms with E-state index in [1.165, 1.54) is 32.1 Å². The Morgan fingerprint density at radius 2 is 2.00 bits per heavy atom. The van der Waals surface area contributed by atoms with Gasteiger partial charge in [0, 0.05) is 19.7 Å². The molecule has 0 bridgehead atoms. The molecule has 0 aromatic heterocycles. The SMILES string of the molecule is CCN(CC(C)OC)C1CC(O)CCC12CCCC2. The van der Waals surface area contributed by atoms with Gasteiger partial charge in [0.25, 0.3) is 0 Å².